The molecule has 238 valence electrons. The zero-order valence-electron chi connectivity index (χ0n) is 27.4. The highest BCUT2D eigenvalue weighted by molar-refractivity contribution is 7.25. The molecule has 0 unspecified atom stereocenters. The third-order valence-corrected chi connectivity index (χ3v) is 11.3. The van der Waals surface area contributed by atoms with Crippen molar-refractivity contribution in [1.82, 2.24) is 19.1 Å². The van der Waals surface area contributed by atoms with Crippen molar-refractivity contribution in [2.24, 2.45) is 0 Å². The van der Waals surface area contributed by atoms with E-state index in [1.807, 2.05) is 35.6 Å². The van der Waals surface area contributed by atoms with E-state index in [0.29, 0.717) is 5.82 Å². The number of fused-ring (bicyclic) bond motifs is 9. The molecule has 4 heterocycles. The summed E-state index contributed by atoms with van der Waals surface area (Å²) in [5, 5.41) is 7.45. The molecule has 0 saturated heterocycles. The van der Waals surface area contributed by atoms with Gasteiger partial charge in [-0.25, -0.2) is 9.97 Å². The number of aromatic nitrogens is 4. The van der Waals surface area contributed by atoms with Gasteiger partial charge in [0.1, 0.15) is 5.82 Å². The van der Waals surface area contributed by atoms with Crippen LogP contribution < -0.4 is 0 Å². The molecule has 7 aromatic carbocycles. The van der Waals surface area contributed by atoms with Crippen molar-refractivity contribution in [2.75, 3.05) is 0 Å². The van der Waals surface area contributed by atoms with Gasteiger partial charge in [0, 0.05) is 64.6 Å². The van der Waals surface area contributed by atoms with Crippen molar-refractivity contribution in [2.45, 2.75) is 0 Å². The molecule has 0 aliphatic heterocycles. The van der Waals surface area contributed by atoms with Crippen molar-refractivity contribution in [3.05, 3.63) is 170 Å². The van der Waals surface area contributed by atoms with Crippen molar-refractivity contribution in [3.8, 4) is 34.2 Å². The Hall–Kier alpha value is -6.56. The summed E-state index contributed by atoms with van der Waals surface area (Å²) in [6.45, 7) is 0. The molecule has 11 aromatic rings. The summed E-state index contributed by atoms with van der Waals surface area (Å²) < 4.78 is 7.37. The molecular formula is C46H28N4S. The maximum absolute atomic E-state index is 5.28. The van der Waals surface area contributed by atoms with Crippen LogP contribution >= 0.6 is 11.3 Å². The first-order valence-electron chi connectivity index (χ1n) is 17.2. The number of nitrogens with zero attached hydrogens (tertiary/aromatic N) is 4. The van der Waals surface area contributed by atoms with Gasteiger partial charge in [-0.15, -0.1) is 11.3 Å². The molecule has 4 aromatic heterocycles. The van der Waals surface area contributed by atoms with Crippen LogP contribution in [0.5, 0.6) is 0 Å². The Kier molecular flexibility index (Phi) is 6.09. The van der Waals surface area contributed by atoms with E-state index in [2.05, 4.69) is 155 Å². The molecule has 0 fully saturated rings. The summed E-state index contributed by atoms with van der Waals surface area (Å²) in [4.78, 5) is 10.4. The van der Waals surface area contributed by atoms with Crippen molar-refractivity contribution < 1.29 is 0 Å². The predicted octanol–water partition coefficient (Wildman–Crippen LogP) is 12.4. The second kappa shape index (κ2) is 11.0. The van der Waals surface area contributed by atoms with Crippen molar-refractivity contribution in [1.29, 1.82) is 0 Å². The Morgan fingerprint density at radius 2 is 0.961 bits per heavy atom. The SMILES string of the molecule is c1ccc(-c2cc(-n3c4ccccc4c4cc5c6ccccc6n(-c6ccc7sc8ccccc8c7c6)c5cc43)nc(-c3ccccc3)n2)cc1. The first kappa shape index (κ1) is 28.3. The van der Waals surface area contributed by atoms with Gasteiger partial charge in [-0.1, -0.05) is 115 Å². The third kappa shape index (κ3) is 4.32. The van der Waals surface area contributed by atoms with Gasteiger partial charge in [0.25, 0.3) is 0 Å². The van der Waals surface area contributed by atoms with Crippen LogP contribution in [0.2, 0.25) is 0 Å². The Balaban J connectivity index is 1.24. The molecule has 0 N–H and O–H groups in total. The summed E-state index contributed by atoms with van der Waals surface area (Å²) in [5.41, 5.74) is 8.64. The fourth-order valence-corrected chi connectivity index (χ4v) is 8.92. The zero-order valence-corrected chi connectivity index (χ0v) is 28.2. The molecule has 11 rings (SSSR count). The van der Waals surface area contributed by atoms with Crippen LogP contribution in [0, 0.1) is 0 Å². The van der Waals surface area contributed by atoms with Crippen LogP contribution in [0.3, 0.4) is 0 Å². The number of para-hydroxylation sites is 2. The van der Waals surface area contributed by atoms with E-state index < -0.39 is 0 Å². The predicted molar refractivity (Wildman–Crippen MR) is 214 cm³/mol. The van der Waals surface area contributed by atoms with Crippen LogP contribution in [0.25, 0.3) is 97.9 Å². The zero-order chi connectivity index (χ0) is 33.5. The molecular weight excluding hydrogens is 641 g/mol. The highest BCUT2D eigenvalue weighted by Crippen LogP contribution is 2.41. The number of benzene rings is 7. The lowest BCUT2D eigenvalue weighted by Gasteiger charge is -2.13. The summed E-state index contributed by atoms with van der Waals surface area (Å²) in [6.07, 6.45) is 0. The first-order valence-corrected chi connectivity index (χ1v) is 18.0. The van der Waals surface area contributed by atoms with Crippen LogP contribution in [-0.2, 0) is 0 Å². The molecule has 0 saturated carbocycles. The molecule has 5 heteroatoms. The monoisotopic (exact) mass is 668 g/mol. The topological polar surface area (TPSA) is 35.6 Å². The minimum absolute atomic E-state index is 0.698. The lowest BCUT2D eigenvalue weighted by Crippen LogP contribution is -2.02. The van der Waals surface area contributed by atoms with Gasteiger partial charge < -0.3 is 4.57 Å². The van der Waals surface area contributed by atoms with E-state index in [9.17, 15) is 0 Å². The molecule has 4 nitrogen and oxygen atoms in total. The van der Waals surface area contributed by atoms with E-state index in [-0.39, 0.29) is 0 Å². The minimum Gasteiger partial charge on any atom is -0.309 e. The highest BCUT2D eigenvalue weighted by atomic mass is 32.1. The minimum atomic E-state index is 0.698. The first-order chi connectivity index (χ1) is 25.3. The summed E-state index contributed by atoms with van der Waals surface area (Å²) in [7, 11) is 0. The number of thiophene rings is 1. The molecule has 0 aliphatic carbocycles. The van der Waals surface area contributed by atoms with Crippen molar-refractivity contribution >= 4 is 75.1 Å². The second-order valence-electron chi connectivity index (χ2n) is 13.0. The van der Waals surface area contributed by atoms with Gasteiger partial charge in [0.05, 0.1) is 27.8 Å². The van der Waals surface area contributed by atoms with Gasteiger partial charge >= 0.3 is 0 Å². The van der Waals surface area contributed by atoms with Gasteiger partial charge in [0.2, 0.25) is 0 Å². The Morgan fingerprint density at radius 1 is 0.373 bits per heavy atom. The van der Waals surface area contributed by atoms with E-state index in [4.69, 9.17) is 9.97 Å². The standard InChI is InChI=1S/C46H28N4S/c1-3-13-29(14-4-1)38-27-45(48-46(47-38)30-15-5-2-6-16-30)50-40-21-11-8-18-33(40)36-26-35-32-17-7-10-20-39(32)49(41(35)28-42(36)50)31-23-24-44-37(25-31)34-19-9-12-22-43(34)51-44/h1-28H. The lowest BCUT2D eigenvalue weighted by atomic mass is 10.1. The fourth-order valence-electron chi connectivity index (χ4n) is 7.83. The van der Waals surface area contributed by atoms with Crippen molar-refractivity contribution in [3.63, 3.8) is 0 Å². The molecule has 0 bridgehead atoms. The number of hydrogen-bond donors (Lipinski definition) is 0. The molecule has 51 heavy (non-hydrogen) atoms. The van der Waals surface area contributed by atoms with Crippen LogP contribution in [0.15, 0.2) is 170 Å². The summed E-state index contributed by atoms with van der Waals surface area (Å²) in [5.74, 6) is 1.53. The van der Waals surface area contributed by atoms with Gasteiger partial charge in [0.15, 0.2) is 5.82 Å². The average Bonchev–Trinajstić information content (AvgIpc) is 3.84. The highest BCUT2D eigenvalue weighted by Gasteiger charge is 2.20. The van der Waals surface area contributed by atoms with Crippen LogP contribution in [0.4, 0.5) is 0 Å². The smallest absolute Gasteiger partial charge is 0.162 e. The molecule has 0 amide bonds. The van der Waals surface area contributed by atoms with Gasteiger partial charge in [-0.05, 0) is 48.5 Å². The summed E-state index contributed by atoms with van der Waals surface area (Å²) in [6, 6.07) is 60.6. The van der Waals surface area contributed by atoms with E-state index in [0.717, 1.165) is 44.9 Å². The Labute approximate surface area is 297 Å². The molecule has 0 spiro atoms. The third-order valence-electron chi connectivity index (χ3n) is 10.1. The van der Waals surface area contributed by atoms with E-state index in [1.54, 1.807) is 0 Å². The molecule has 0 aliphatic rings. The van der Waals surface area contributed by atoms with Gasteiger partial charge in [-0.2, -0.15) is 0 Å². The normalized spacial score (nSPS) is 11.9. The van der Waals surface area contributed by atoms with E-state index in [1.165, 1.54) is 47.2 Å². The Morgan fingerprint density at radius 3 is 1.71 bits per heavy atom. The quantitative estimate of drug-likeness (QED) is 0.187. The maximum atomic E-state index is 5.28. The lowest BCUT2D eigenvalue weighted by molar-refractivity contribution is 1.05. The Bertz CT molecular complexity index is 3080. The molecule has 0 radical (unpaired) electrons. The van der Waals surface area contributed by atoms with Crippen LogP contribution in [0.1, 0.15) is 0 Å². The maximum Gasteiger partial charge on any atom is 0.162 e. The van der Waals surface area contributed by atoms with Crippen LogP contribution in [-0.4, -0.2) is 19.1 Å². The molecule has 0 atom stereocenters. The fraction of sp³-hybridized carbons (Fsp3) is 0. The summed E-state index contributed by atoms with van der Waals surface area (Å²) >= 11 is 1.85. The van der Waals surface area contributed by atoms with E-state index >= 15 is 0 Å². The second-order valence-corrected chi connectivity index (χ2v) is 14.1. The largest absolute Gasteiger partial charge is 0.309 e. The van der Waals surface area contributed by atoms with Gasteiger partial charge in [-0.3, -0.25) is 4.57 Å². The number of rotatable bonds is 4. The average molecular weight is 669 g/mol. The number of hydrogen-bond acceptors (Lipinski definition) is 3.